The van der Waals surface area contributed by atoms with Crippen molar-refractivity contribution in [3.8, 4) is 16.9 Å². The number of aliphatic hydroxyl groups is 3. The lowest BCUT2D eigenvalue weighted by Gasteiger charge is -2.34. The van der Waals surface area contributed by atoms with E-state index in [2.05, 4.69) is 15.0 Å². The zero-order valence-electron chi connectivity index (χ0n) is 11.8. The largest absolute Gasteiger partial charge is 0.474 e. The highest BCUT2D eigenvalue weighted by Crippen LogP contribution is 2.33. The lowest BCUT2D eigenvalue weighted by atomic mass is 10.1. The predicted molar refractivity (Wildman–Crippen MR) is 85.2 cm³/mol. The molecule has 0 saturated carbocycles. The van der Waals surface area contributed by atoms with Crippen LogP contribution in [0.4, 0.5) is 0 Å². The first-order chi connectivity index (χ1) is 11.1. The molecular weight excluding hydrogens is 342 g/mol. The molecule has 122 valence electrons. The van der Waals surface area contributed by atoms with Crippen LogP contribution >= 0.6 is 23.4 Å². The average Bonchev–Trinajstić information content (AvgIpc) is 2.58. The van der Waals surface area contributed by atoms with Crippen LogP contribution < -0.4 is 4.74 Å². The van der Waals surface area contributed by atoms with Gasteiger partial charge in [0, 0.05) is 35.5 Å². The van der Waals surface area contributed by atoms with Gasteiger partial charge in [0.15, 0.2) is 16.3 Å². The second kappa shape index (κ2) is 6.98. The van der Waals surface area contributed by atoms with E-state index in [4.69, 9.17) is 16.3 Å². The summed E-state index contributed by atoms with van der Waals surface area (Å²) in [7, 11) is 0. The molecule has 9 heteroatoms. The Hall–Kier alpha value is -1.45. The Labute approximate surface area is 141 Å². The molecule has 0 amide bonds. The summed E-state index contributed by atoms with van der Waals surface area (Å²) < 4.78 is 5.69. The number of pyridine rings is 1. The van der Waals surface area contributed by atoms with Crippen LogP contribution in [0.15, 0.2) is 31.0 Å². The molecule has 3 N–H and O–H groups in total. The van der Waals surface area contributed by atoms with Gasteiger partial charge in [-0.2, -0.15) is 0 Å². The normalized spacial score (nSPS) is 27.7. The molecule has 0 radical (unpaired) electrons. The number of thioether (sulfide) groups is 1. The van der Waals surface area contributed by atoms with Gasteiger partial charge in [0.2, 0.25) is 0 Å². The van der Waals surface area contributed by atoms with E-state index in [0.29, 0.717) is 5.56 Å². The number of rotatable bonds is 3. The zero-order chi connectivity index (χ0) is 16.4. The van der Waals surface area contributed by atoms with Crippen LogP contribution in [0, 0.1) is 0 Å². The minimum atomic E-state index is -1.27. The van der Waals surface area contributed by atoms with Crippen molar-refractivity contribution in [3.05, 3.63) is 36.1 Å². The van der Waals surface area contributed by atoms with Gasteiger partial charge >= 0.3 is 0 Å². The fourth-order valence-corrected chi connectivity index (χ4v) is 3.39. The first-order valence-electron chi connectivity index (χ1n) is 6.79. The Bertz CT molecular complexity index is 678. The van der Waals surface area contributed by atoms with E-state index in [0.717, 1.165) is 5.56 Å². The van der Waals surface area contributed by atoms with Crippen molar-refractivity contribution >= 4 is 23.4 Å². The molecule has 0 unspecified atom stereocenters. The first kappa shape index (κ1) is 16.4. The second-order valence-electron chi connectivity index (χ2n) is 5.01. The van der Waals surface area contributed by atoms with Crippen LogP contribution in [0.5, 0.6) is 5.75 Å². The van der Waals surface area contributed by atoms with Gasteiger partial charge in [-0.1, -0.05) is 11.6 Å². The molecule has 2 aromatic rings. The lowest BCUT2D eigenvalue weighted by Crippen LogP contribution is -2.50. The van der Waals surface area contributed by atoms with Gasteiger partial charge < -0.3 is 20.1 Å². The van der Waals surface area contributed by atoms with E-state index < -0.39 is 23.7 Å². The van der Waals surface area contributed by atoms with Crippen LogP contribution in [-0.2, 0) is 0 Å². The van der Waals surface area contributed by atoms with Crippen molar-refractivity contribution in [2.24, 2.45) is 0 Å². The third kappa shape index (κ3) is 3.56. The smallest absolute Gasteiger partial charge is 0.173 e. The first-order valence-corrected chi connectivity index (χ1v) is 8.22. The number of nitrogens with zero attached hydrogens (tertiary/aromatic N) is 3. The molecular formula is C14H14ClN3O4S. The molecule has 7 nitrogen and oxygen atoms in total. The molecule has 3 heterocycles. The highest BCUT2D eigenvalue weighted by molar-refractivity contribution is 7.99. The molecule has 2 aromatic heterocycles. The molecule has 23 heavy (non-hydrogen) atoms. The molecule has 1 fully saturated rings. The maximum Gasteiger partial charge on any atom is 0.173 e. The summed E-state index contributed by atoms with van der Waals surface area (Å²) in [6.45, 7) is 0. The highest BCUT2D eigenvalue weighted by Gasteiger charge is 2.38. The SMILES string of the molecule is O[C@@H]1[C@@H](O)[C@@H](Oc2cc(-c3cncnc3)cnc2Cl)SC[C@H]1O. The number of halogens is 1. The van der Waals surface area contributed by atoms with Crippen LogP contribution in [0.3, 0.4) is 0 Å². The minimum absolute atomic E-state index is 0.138. The molecule has 1 aliphatic heterocycles. The highest BCUT2D eigenvalue weighted by atomic mass is 35.5. The molecule has 1 saturated heterocycles. The van der Waals surface area contributed by atoms with Crippen LogP contribution in [-0.4, -0.2) is 59.8 Å². The molecule has 1 aliphatic rings. The second-order valence-corrected chi connectivity index (χ2v) is 6.50. The van der Waals surface area contributed by atoms with Gasteiger partial charge in [0.1, 0.15) is 18.5 Å². The monoisotopic (exact) mass is 355 g/mol. The van der Waals surface area contributed by atoms with Crippen molar-refractivity contribution < 1.29 is 20.1 Å². The quantitative estimate of drug-likeness (QED) is 0.691. The third-order valence-electron chi connectivity index (χ3n) is 3.40. The summed E-state index contributed by atoms with van der Waals surface area (Å²) in [5.41, 5.74) is 0.699. The zero-order valence-corrected chi connectivity index (χ0v) is 13.4. The van der Waals surface area contributed by atoms with Gasteiger partial charge in [-0.3, -0.25) is 0 Å². The molecule has 0 aromatic carbocycles. The van der Waals surface area contributed by atoms with Crippen molar-refractivity contribution in [1.82, 2.24) is 15.0 Å². The standard InChI is InChI=1S/C14H14ClN3O4S/c15-13-10(22-14-12(21)11(20)9(19)5-23-14)1-7(4-18-13)8-2-16-6-17-3-8/h1-4,6,9,11-12,14,19-21H,5H2/t9-,11+,12-,14+/m1/s1. The van der Waals surface area contributed by atoms with Crippen LogP contribution in [0.25, 0.3) is 11.1 Å². The third-order valence-corrected chi connectivity index (χ3v) is 4.92. The number of hydrogen-bond acceptors (Lipinski definition) is 8. The van der Waals surface area contributed by atoms with E-state index in [1.54, 1.807) is 24.7 Å². The van der Waals surface area contributed by atoms with Crippen LogP contribution in [0.1, 0.15) is 0 Å². The number of ether oxygens (including phenoxy) is 1. The number of aromatic nitrogens is 3. The van der Waals surface area contributed by atoms with E-state index in [9.17, 15) is 15.3 Å². The number of hydrogen-bond donors (Lipinski definition) is 3. The van der Waals surface area contributed by atoms with Gasteiger partial charge in [0.05, 0.1) is 6.10 Å². The van der Waals surface area contributed by atoms with Crippen LogP contribution in [0.2, 0.25) is 5.15 Å². The van der Waals surface area contributed by atoms with Crippen molar-refractivity contribution in [2.75, 3.05) is 5.75 Å². The summed E-state index contributed by atoms with van der Waals surface area (Å²) in [6, 6.07) is 1.67. The Morgan fingerprint density at radius 1 is 1.09 bits per heavy atom. The molecule has 0 aliphatic carbocycles. The summed E-state index contributed by atoms with van der Waals surface area (Å²) in [6.07, 6.45) is 2.76. The molecule has 0 spiro atoms. The Morgan fingerprint density at radius 2 is 1.83 bits per heavy atom. The van der Waals surface area contributed by atoms with Gasteiger partial charge in [-0.25, -0.2) is 15.0 Å². The molecule has 0 bridgehead atoms. The van der Waals surface area contributed by atoms with Gasteiger partial charge in [-0.05, 0) is 6.07 Å². The van der Waals surface area contributed by atoms with E-state index >= 15 is 0 Å². The van der Waals surface area contributed by atoms with Gasteiger partial charge in [-0.15, -0.1) is 11.8 Å². The van der Waals surface area contributed by atoms with Crippen molar-refractivity contribution in [2.45, 2.75) is 23.7 Å². The van der Waals surface area contributed by atoms with E-state index in [-0.39, 0.29) is 16.7 Å². The maximum atomic E-state index is 10.0. The Balaban J connectivity index is 1.83. The number of aliphatic hydroxyl groups excluding tert-OH is 3. The summed E-state index contributed by atoms with van der Waals surface area (Å²) >= 11 is 7.24. The summed E-state index contributed by atoms with van der Waals surface area (Å²) in [5.74, 6) is 0.522. The average molecular weight is 356 g/mol. The van der Waals surface area contributed by atoms with E-state index in [1.807, 2.05) is 0 Å². The fourth-order valence-electron chi connectivity index (χ4n) is 2.12. The minimum Gasteiger partial charge on any atom is -0.474 e. The summed E-state index contributed by atoms with van der Waals surface area (Å²) in [5, 5.41) is 29.4. The molecule has 4 atom stereocenters. The van der Waals surface area contributed by atoms with Crippen molar-refractivity contribution in [1.29, 1.82) is 0 Å². The summed E-state index contributed by atoms with van der Waals surface area (Å²) in [4.78, 5) is 11.9. The lowest BCUT2D eigenvalue weighted by molar-refractivity contribution is -0.0786. The van der Waals surface area contributed by atoms with Gasteiger partial charge in [0.25, 0.3) is 0 Å². The Kier molecular flexibility index (Phi) is 4.98. The van der Waals surface area contributed by atoms with E-state index in [1.165, 1.54) is 18.1 Å². The Morgan fingerprint density at radius 3 is 2.57 bits per heavy atom. The fraction of sp³-hybridized carbons (Fsp3) is 0.357. The predicted octanol–water partition coefficient (Wildman–Crippen LogP) is 0.726. The maximum absolute atomic E-state index is 10.0. The van der Waals surface area contributed by atoms with Crippen molar-refractivity contribution in [3.63, 3.8) is 0 Å². The molecule has 3 rings (SSSR count). The topological polar surface area (TPSA) is 109 Å².